The lowest BCUT2D eigenvalue weighted by Gasteiger charge is -2.44. The number of halogens is 1. The highest BCUT2D eigenvalue weighted by Crippen LogP contribution is 2.44. The maximum absolute atomic E-state index is 6.35. The van der Waals surface area contributed by atoms with Crippen LogP contribution in [0.2, 0.25) is 21.6 Å². The lowest BCUT2D eigenvalue weighted by molar-refractivity contribution is 0.770. The van der Waals surface area contributed by atoms with Gasteiger partial charge in [-0.1, -0.05) is 60.1 Å². The van der Waals surface area contributed by atoms with Crippen LogP contribution in [-0.2, 0) is 6.42 Å². The van der Waals surface area contributed by atoms with Crippen molar-refractivity contribution in [1.29, 1.82) is 0 Å². The molecule has 0 spiro atoms. The van der Waals surface area contributed by atoms with Crippen molar-refractivity contribution < 1.29 is 0 Å². The van der Waals surface area contributed by atoms with Crippen molar-refractivity contribution in [2.75, 3.05) is 0 Å². The molecular formula is C18H29ClN2Si. The second kappa shape index (κ2) is 6.36. The Morgan fingerprint density at radius 1 is 1.09 bits per heavy atom. The summed E-state index contributed by atoms with van der Waals surface area (Å²) in [5.74, 6) is 0. The quantitative estimate of drug-likeness (QED) is 0.588. The van der Waals surface area contributed by atoms with E-state index < -0.39 is 8.24 Å². The molecule has 0 aliphatic heterocycles. The van der Waals surface area contributed by atoms with Crippen molar-refractivity contribution in [3.05, 3.63) is 29.0 Å². The minimum Gasteiger partial charge on any atom is -0.359 e. The molecule has 0 bridgehead atoms. The van der Waals surface area contributed by atoms with E-state index in [4.69, 9.17) is 16.6 Å². The second-order valence-corrected chi connectivity index (χ2v) is 13.3. The molecule has 0 fully saturated rings. The van der Waals surface area contributed by atoms with E-state index in [1.807, 2.05) is 6.20 Å². The van der Waals surface area contributed by atoms with E-state index in [9.17, 15) is 0 Å². The summed E-state index contributed by atoms with van der Waals surface area (Å²) in [4.78, 5) is 4.73. The minimum atomic E-state index is -1.76. The Morgan fingerprint density at radius 3 is 2.09 bits per heavy atom. The van der Waals surface area contributed by atoms with E-state index >= 15 is 0 Å². The summed E-state index contributed by atoms with van der Waals surface area (Å²) >= 11 is 6.35. The van der Waals surface area contributed by atoms with Gasteiger partial charge < -0.3 is 4.23 Å². The summed E-state index contributed by atoms with van der Waals surface area (Å²) in [5, 5.41) is 2.02. The number of fused-ring (bicyclic) bond motifs is 1. The highest BCUT2D eigenvalue weighted by atomic mass is 35.5. The maximum Gasteiger partial charge on any atom is 0.171 e. The molecule has 2 rings (SSSR count). The minimum absolute atomic E-state index is 0.658. The van der Waals surface area contributed by atoms with Gasteiger partial charge in [-0.2, -0.15) is 0 Å². The van der Waals surface area contributed by atoms with Gasteiger partial charge in [0.15, 0.2) is 8.24 Å². The van der Waals surface area contributed by atoms with Crippen LogP contribution in [0.25, 0.3) is 11.0 Å². The highest BCUT2D eigenvalue weighted by molar-refractivity contribution is 6.82. The number of pyridine rings is 1. The fourth-order valence-electron chi connectivity index (χ4n) is 4.62. The van der Waals surface area contributed by atoms with E-state index in [0.717, 1.165) is 17.1 Å². The molecular weight excluding hydrogens is 308 g/mol. The number of hydrogen-bond acceptors (Lipinski definition) is 1. The lowest BCUT2D eigenvalue weighted by Crippen LogP contribution is -2.51. The molecule has 2 heterocycles. The summed E-state index contributed by atoms with van der Waals surface area (Å²) in [6, 6.07) is 2.22. The average molecular weight is 337 g/mol. The van der Waals surface area contributed by atoms with Crippen molar-refractivity contribution in [3.63, 3.8) is 0 Å². The molecule has 0 N–H and O–H groups in total. The zero-order chi connectivity index (χ0) is 16.7. The Hall–Kier alpha value is -0.803. The Labute approximate surface area is 141 Å². The second-order valence-electron chi connectivity index (χ2n) is 7.21. The summed E-state index contributed by atoms with van der Waals surface area (Å²) in [6.07, 6.45) is 5.06. The van der Waals surface area contributed by atoms with Crippen molar-refractivity contribution >= 4 is 30.9 Å². The Balaban J connectivity index is 2.82. The Kier molecular flexibility index (Phi) is 5.08. The first kappa shape index (κ1) is 17.5. The fourth-order valence-corrected chi connectivity index (χ4v) is 11.5. The molecule has 0 unspecified atom stereocenters. The van der Waals surface area contributed by atoms with Gasteiger partial charge in [-0.05, 0) is 40.9 Å². The molecule has 2 aromatic heterocycles. The van der Waals surface area contributed by atoms with Gasteiger partial charge in [0, 0.05) is 11.6 Å². The van der Waals surface area contributed by atoms with Crippen LogP contribution < -0.4 is 0 Å². The smallest absolute Gasteiger partial charge is 0.171 e. The summed E-state index contributed by atoms with van der Waals surface area (Å²) < 4.78 is 2.55. The van der Waals surface area contributed by atoms with Crippen LogP contribution in [0.4, 0.5) is 0 Å². The molecule has 0 saturated heterocycles. The number of nitrogens with zero attached hydrogens (tertiary/aromatic N) is 2. The first-order chi connectivity index (χ1) is 10.3. The molecule has 0 aromatic carbocycles. The number of rotatable bonds is 5. The van der Waals surface area contributed by atoms with Crippen LogP contribution in [-0.4, -0.2) is 17.5 Å². The molecule has 0 atom stereocenters. The van der Waals surface area contributed by atoms with Crippen molar-refractivity contribution in [1.82, 2.24) is 9.22 Å². The van der Waals surface area contributed by atoms with Crippen molar-refractivity contribution in [3.8, 4) is 0 Å². The average Bonchev–Trinajstić information content (AvgIpc) is 2.82. The maximum atomic E-state index is 6.35. The summed E-state index contributed by atoms with van der Waals surface area (Å²) in [6.45, 7) is 16.5. The van der Waals surface area contributed by atoms with Crippen LogP contribution in [0.5, 0.6) is 0 Å². The predicted octanol–water partition coefficient (Wildman–Crippen LogP) is 6.28. The van der Waals surface area contributed by atoms with E-state index in [0.29, 0.717) is 16.6 Å². The van der Waals surface area contributed by atoms with Gasteiger partial charge in [-0.25, -0.2) is 4.98 Å². The highest BCUT2D eigenvalue weighted by Gasteiger charge is 2.46. The molecule has 2 nitrogen and oxygen atoms in total. The molecule has 122 valence electrons. The SMILES string of the molecule is CCc1c(Cl)cnc2c1ccn2[Si](C(C)C)(C(C)C)C(C)C. The van der Waals surface area contributed by atoms with Gasteiger partial charge in [0.2, 0.25) is 0 Å². The van der Waals surface area contributed by atoms with E-state index in [2.05, 4.69) is 65.0 Å². The van der Waals surface area contributed by atoms with Crippen molar-refractivity contribution in [2.24, 2.45) is 0 Å². The van der Waals surface area contributed by atoms with Crippen molar-refractivity contribution in [2.45, 2.75) is 71.5 Å². The zero-order valence-corrected chi connectivity index (χ0v) is 16.7. The monoisotopic (exact) mass is 336 g/mol. The van der Waals surface area contributed by atoms with Gasteiger partial charge in [-0.3, -0.25) is 0 Å². The molecule has 4 heteroatoms. The van der Waals surface area contributed by atoms with E-state index in [1.54, 1.807) is 0 Å². The summed E-state index contributed by atoms with van der Waals surface area (Å²) in [5.41, 5.74) is 4.33. The molecule has 0 radical (unpaired) electrons. The number of aromatic nitrogens is 2. The molecule has 0 amide bonds. The van der Waals surface area contributed by atoms with Gasteiger partial charge >= 0.3 is 0 Å². The van der Waals surface area contributed by atoms with E-state index in [-0.39, 0.29) is 0 Å². The molecule has 0 saturated carbocycles. The van der Waals surface area contributed by atoms with Crippen LogP contribution >= 0.6 is 11.6 Å². The fraction of sp³-hybridized carbons (Fsp3) is 0.611. The third kappa shape index (κ3) is 2.43. The number of aryl methyl sites for hydroxylation is 1. The first-order valence-electron chi connectivity index (χ1n) is 8.43. The van der Waals surface area contributed by atoms with Crippen LogP contribution in [0.1, 0.15) is 54.0 Å². The lowest BCUT2D eigenvalue weighted by atomic mass is 10.1. The Morgan fingerprint density at radius 2 is 1.64 bits per heavy atom. The molecule has 2 aromatic rings. The first-order valence-corrected chi connectivity index (χ1v) is 11.0. The standard InChI is InChI=1S/C18H29ClN2Si/c1-8-15-16-9-10-21(18(16)20-11-17(15)19)22(12(2)3,13(4)5)14(6)7/h9-14H,8H2,1-7H3. The predicted molar refractivity (Wildman–Crippen MR) is 101 cm³/mol. The third-order valence-corrected chi connectivity index (χ3v) is 12.4. The molecule has 0 aliphatic carbocycles. The third-order valence-electron chi connectivity index (χ3n) is 5.32. The van der Waals surface area contributed by atoms with Gasteiger partial charge in [-0.15, -0.1) is 0 Å². The zero-order valence-electron chi connectivity index (χ0n) is 14.9. The normalized spacial score (nSPS) is 13.0. The molecule has 22 heavy (non-hydrogen) atoms. The van der Waals surface area contributed by atoms with Crippen LogP contribution in [0.3, 0.4) is 0 Å². The van der Waals surface area contributed by atoms with Gasteiger partial charge in [0.25, 0.3) is 0 Å². The van der Waals surface area contributed by atoms with Gasteiger partial charge in [0.1, 0.15) is 5.65 Å². The van der Waals surface area contributed by atoms with Crippen LogP contribution in [0.15, 0.2) is 18.5 Å². The van der Waals surface area contributed by atoms with Crippen LogP contribution in [0, 0.1) is 0 Å². The Bertz CT molecular complexity index is 637. The topological polar surface area (TPSA) is 17.8 Å². The summed E-state index contributed by atoms with van der Waals surface area (Å²) in [7, 11) is -1.76. The van der Waals surface area contributed by atoms with E-state index in [1.165, 1.54) is 10.9 Å². The molecule has 0 aliphatic rings. The van der Waals surface area contributed by atoms with Gasteiger partial charge in [0.05, 0.1) is 5.02 Å². The largest absolute Gasteiger partial charge is 0.359 e. The number of hydrogen-bond donors (Lipinski definition) is 0.